The molecule has 0 unspecified atom stereocenters. The highest BCUT2D eigenvalue weighted by Gasteiger charge is 2.11. The molecule has 1 heterocycles. The van der Waals surface area contributed by atoms with Crippen molar-refractivity contribution in [2.24, 2.45) is 5.73 Å². The maximum absolute atomic E-state index is 11.7. The Morgan fingerprint density at radius 2 is 1.64 bits per heavy atom. The summed E-state index contributed by atoms with van der Waals surface area (Å²) in [6, 6.07) is 10.7. The van der Waals surface area contributed by atoms with E-state index in [0.717, 1.165) is 5.69 Å². The molecule has 0 aliphatic heterocycles. The van der Waals surface area contributed by atoms with Gasteiger partial charge in [0.1, 0.15) is 0 Å². The van der Waals surface area contributed by atoms with Gasteiger partial charge in [0, 0.05) is 18.8 Å². The lowest BCUT2D eigenvalue weighted by atomic mass is 10.3. The molecule has 0 aliphatic rings. The van der Waals surface area contributed by atoms with E-state index in [9.17, 15) is 4.79 Å². The Morgan fingerprint density at radius 1 is 1.09 bits per heavy atom. The average molecular weight is 308 g/mol. The summed E-state index contributed by atoms with van der Waals surface area (Å²) in [4.78, 5) is 11.7. The van der Waals surface area contributed by atoms with Gasteiger partial charge in [0.05, 0.1) is 0 Å². The summed E-state index contributed by atoms with van der Waals surface area (Å²) in [5, 5.41) is 9.10. The molecule has 1 amide bonds. The van der Waals surface area contributed by atoms with Crippen molar-refractivity contribution in [3.8, 4) is 0 Å². The molecule has 2 aromatic rings. The second kappa shape index (κ2) is 15.1. The van der Waals surface area contributed by atoms with Gasteiger partial charge in [-0.3, -0.25) is 4.79 Å². The van der Waals surface area contributed by atoms with Crippen molar-refractivity contribution in [3.05, 3.63) is 42.1 Å². The zero-order valence-corrected chi connectivity index (χ0v) is 14.3. The van der Waals surface area contributed by atoms with E-state index >= 15 is 0 Å². The molecule has 1 aromatic carbocycles. The van der Waals surface area contributed by atoms with Crippen molar-refractivity contribution < 1.29 is 9.32 Å². The number of aromatic nitrogens is 1. The first kappa shape index (κ1) is 21.9. The van der Waals surface area contributed by atoms with E-state index in [1.165, 1.54) is 13.1 Å². The minimum atomic E-state index is -0.295. The molecule has 0 saturated carbocycles. The molecule has 0 saturated heterocycles. The van der Waals surface area contributed by atoms with E-state index in [0.29, 0.717) is 5.88 Å². The molecule has 0 fully saturated rings. The highest BCUT2D eigenvalue weighted by Crippen LogP contribution is 2.11. The molecule has 6 heteroatoms. The third kappa shape index (κ3) is 8.06. The number of hydrogen-bond acceptors (Lipinski definition) is 5. The molecule has 2 rings (SSSR count). The van der Waals surface area contributed by atoms with Crippen LogP contribution >= 0.6 is 0 Å². The molecule has 124 valence electrons. The number of anilines is 2. The lowest BCUT2D eigenvalue weighted by Gasteiger charge is -2.00. The number of hydrogen-bond donors (Lipinski definition) is 3. The number of para-hydroxylation sites is 1. The Bertz CT molecular complexity index is 484. The van der Waals surface area contributed by atoms with E-state index in [2.05, 4.69) is 21.5 Å². The Hall–Kier alpha value is -2.34. The number of carbonyl (C=O) groups excluding carboxylic acids is 1. The number of nitrogens with zero attached hydrogens (tertiary/aromatic N) is 1. The third-order valence-corrected chi connectivity index (χ3v) is 2.02. The van der Waals surface area contributed by atoms with Crippen molar-refractivity contribution >= 4 is 17.5 Å². The highest BCUT2D eigenvalue weighted by molar-refractivity contribution is 6.03. The standard InChI is InChI=1S/C11H11N3O2.2C2H6.CH5N/c1-12-10-7-9(14-16-10)11(15)13-8-5-3-2-4-6-8;3*1-2/h2-7,12H,1H3,(H,13,15);2*1-2H3;2H2,1H3. The summed E-state index contributed by atoms with van der Waals surface area (Å²) in [7, 11) is 3.19. The molecule has 22 heavy (non-hydrogen) atoms. The van der Waals surface area contributed by atoms with Crippen LogP contribution in [-0.4, -0.2) is 25.2 Å². The zero-order chi connectivity index (χ0) is 17.4. The van der Waals surface area contributed by atoms with E-state index in [1.807, 2.05) is 45.9 Å². The summed E-state index contributed by atoms with van der Waals surface area (Å²) in [6.07, 6.45) is 0. The largest absolute Gasteiger partial charge is 0.357 e. The van der Waals surface area contributed by atoms with Crippen LogP contribution in [0.3, 0.4) is 0 Å². The van der Waals surface area contributed by atoms with Gasteiger partial charge in [0.2, 0.25) is 5.88 Å². The van der Waals surface area contributed by atoms with Gasteiger partial charge in [-0.05, 0) is 19.2 Å². The first-order chi connectivity index (χ1) is 10.8. The number of nitrogens with one attached hydrogen (secondary N) is 2. The summed E-state index contributed by atoms with van der Waals surface area (Å²) >= 11 is 0. The van der Waals surface area contributed by atoms with Crippen molar-refractivity contribution in [2.45, 2.75) is 27.7 Å². The Morgan fingerprint density at radius 3 is 2.09 bits per heavy atom. The second-order valence-electron chi connectivity index (χ2n) is 3.15. The maximum Gasteiger partial charge on any atom is 0.277 e. The first-order valence-corrected chi connectivity index (χ1v) is 7.38. The van der Waals surface area contributed by atoms with Gasteiger partial charge < -0.3 is 20.9 Å². The lowest BCUT2D eigenvalue weighted by molar-refractivity contribution is 0.101. The van der Waals surface area contributed by atoms with Crippen molar-refractivity contribution in [1.29, 1.82) is 0 Å². The lowest BCUT2D eigenvalue weighted by Crippen LogP contribution is -2.11. The summed E-state index contributed by atoms with van der Waals surface area (Å²) in [5.41, 5.74) is 5.47. The number of benzene rings is 1. The topological polar surface area (TPSA) is 93.2 Å². The smallest absolute Gasteiger partial charge is 0.277 e. The molecule has 0 aliphatic carbocycles. The van der Waals surface area contributed by atoms with E-state index in [1.54, 1.807) is 19.2 Å². The van der Waals surface area contributed by atoms with Crippen molar-refractivity contribution in [2.75, 3.05) is 24.7 Å². The molecule has 0 spiro atoms. The normalized spacial score (nSPS) is 7.95. The van der Waals surface area contributed by atoms with Crippen molar-refractivity contribution in [3.63, 3.8) is 0 Å². The number of nitrogens with two attached hydrogens (primary N) is 1. The molecule has 0 bridgehead atoms. The first-order valence-electron chi connectivity index (χ1n) is 7.38. The monoisotopic (exact) mass is 308 g/mol. The van der Waals surface area contributed by atoms with Crippen LogP contribution in [0.2, 0.25) is 0 Å². The highest BCUT2D eigenvalue weighted by atomic mass is 16.5. The van der Waals surface area contributed by atoms with Crippen LogP contribution in [0.5, 0.6) is 0 Å². The predicted octanol–water partition coefficient (Wildman–Crippen LogP) is 3.60. The van der Waals surface area contributed by atoms with Crippen LogP contribution in [0.25, 0.3) is 0 Å². The number of rotatable bonds is 3. The molecule has 6 nitrogen and oxygen atoms in total. The van der Waals surface area contributed by atoms with Crippen LogP contribution in [0.1, 0.15) is 38.2 Å². The predicted molar refractivity (Wildman–Crippen MR) is 93.3 cm³/mol. The van der Waals surface area contributed by atoms with Crippen LogP contribution < -0.4 is 16.4 Å². The van der Waals surface area contributed by atoms with Gasteiger partial charge in [-0.1, -0.05) is 51.1 Å². The van der Waals surface area contributed by atoms with Crippen LogP contribution in [0.15, 0.2) is 40.9 Å². The second-order valence-corrected chi connectivity index (χ2v) is 3.15. The van der Waals surface area contributed by atoms with E-state index in [4.69, 9.17) is 4.52 Å². The number of amides is 1. The minimum Gasteiger partial charge on any atom is -0.357 e. The van der Waals surface area contributed by atoms with Crippen molar-refractivity contribution in [1.82, 2.24) is 5.16 Å². The van der Waals surface area contributed by atoms with Gasteiger partial charge in [-0.15, -0.1) is 0 Å². The zero-order valence-electron chi connectivity index (χ0n) is 14.3. The van der Waals surface area contributed by atoms with E-state index in [-0.39, 0.29) is 11.6 Å². The fourth-order valence-electron chi connectivity index (χ4n) is 1.22. The fraction of sp³-hybridized carbons (Fsp3) is 0.375. The Labute approximate surface area is 133 Å². The molecule has 0 atom stereocenters. The Kier molecular flexibility index (Phi) is 15.0. The molecule has 4 N–H and O–H groups in total. The SMILES string of the molecule is CC.CC.CN.CNc1cc(C(=O)Nc2ccccc2)no1. The van der Waals surface area contributed by atoms with Gasteiger partial charge in [0.25, 0.3) is 5.91 Å². The summed E-state index contributed by atoms with van der Waals surface area (Å²) in [6.45, 7) is 8.00. The summed E-state index contributed by atoms with van der Waals surface area (Å²) < 4.78 is 4.85. The third-order valence-electron chi connectivity index (χ3n) is 2.02. The quantitative estimate of drug-likeness (QED) is 0.805. The fourth-order valence-corrected chi connectivity index (χ4v) is 1.22. The molecule has 1 aromatic heterocycles. The number of carbonyl (C=O) groups is 1. The maximum atomic E-state index is 11.7. The molecular weight excluding hydrogens is 280 g/mol. The van der Waals surface area contributed by atoms with E-state index < -0.39 is 0 Å². The van der Waals surface area contributed by atoms with Crippen LogP contribution in [0, 0.1) is 0 Å². The van der Waals surface area contributed by atoms with Gasteiger partial charge in [-0.25, -0.2) is 0 Å². The molecular formula is C16H28N4O2. The average Bonchev–Trinajstić information content (AvgIpc) is 3.10. The minimum absolute atomic E-state index is 0.244. The van der Waals surface area contributed by atoms with Crippen LogP contribution in [-0.2, 0) is 0 Å². The summed E-state index contributed by atoms with van der Waals surface area (Å²) in [5.74, 6) is 0.162. The van der Waals surface area contributed by atoms with Gasteiger partial charge in [0.15, 0.2) is 5.69 Å². The molecule has 0 radical (unpaired) electrons. The Balaban J connectivity index is 0. The van der Waals surface area contributed by atoms with Gasteiger partial charge >= 0.3 is 0 Å². The van der Waals surface area contributed by atoms with Crippen LogP contribution in [0.4, 0.5) is 11.6 Å². The van der Waals surface area contributed by atoms with Gasteiger partial charge in [-0.2, -0.15) is 0 Å².